The highest BCUT2D eigenvalue weighted by Gasteiger charge is 2.55. The predicted molar refractivity (Wildman–Crippen MR) is 49.9 cm³/mol. The summed E-state index contributed by atoms with van der Waals surface area (Å²) >= 11 is 0. The van der Waals surface area contributed by atoms with Gasteiger partial charge in [0.2, 0.25) is 0 Å². The van der Waals surface area contributed by atoms with E-state index in [4.69, 9.17) is 5.11 Å². The third-order valence-corrected chi connectivity index (χ3v) is 3.64. The summed E-state index contributed by atoms with van der Waals surface area (Å²) in [4.78, 5) is 0. The van der Waals surface area contributed by atoms with Gasteiger partial charge in [0.05, 0.1) is 0 Å². The highest BCUT2D eigenvalue weighted by Crippen LogP contribution is 2.31. The van der Waals surface area contributed by atoms with Gasteiger partial charge in [0.15, 0.2) is 0 Å². The molecule has 12 heteroatoms. The van der Waals surface area contributed by atoms with Crippen LogP contribution in [0.4, 0.5) is 13.2 Å². The molecule has 8 nitrogen and oxygen atoms in total. The van der Waals surface area contributed by atoms with E-state index in [0.29, 0.717) is 0 Å². The molecule has 1 aliphatic carbocycles. The normalized spacial score (nSPS) is 41.3. The zero-order valence-corrected chi connectivity index (χ0v) is 9.78. The number of hydrogen-bond donors (Lipinski definition) is 5. The van der Waals surface area contributed by atoms with Crippen LogP contribution >= 0.6 is 0 Å². The van der Waals surface area contributed by atoms with Crippen LogP contribution in [0.1, 0.15) is 0 Å². The lowest BCUT2D eigenvalue weighted by Crippen LogP contribution is -2.64. The molecule has 1 aliphatic rings. The predicted octanol–water partition coefficient (Wildman–Crippen LogP) is -2.96. The quantitative estimate of drug-likeness (QED) is 0.269. The van der Waals surface area contributed by atoms with Crippen molar-refractivity contribution in [3.63, 3.8) is 0 Å². The van der Waals surface area contributed by atoms with E-state index in [1.165, 1.54) is 0 Å². The molecule has 0 radical (unpaired) electrons. The topological polar surface area (TPSA) is 145 Å². The van der Waals surface area contributed by atoms with Gasteiger partial charge < -0.3 is 25.5 Å². The van der Waals surface area contributed by atoms with E-state index in [1.807, 2.05) is 0 Å². The fraction of sp³-hybridized carbons (Fsp3) is 1.00. The van der Waals surface area contributed by atoms with Gasteiger partial charge in [0.25, 0.3) is 0 Å². The Morgan fingerprint density at radius 1 is 0.789 bits per heavy atom. The van der Waals surface area contributed by atoms with E-state index < -0.39 is 52.3 Å². The molecule has 0 amide bonds. The molecule has 0 aromatic heterocycles. The van der Waals surface area contributed by atoms with Crippen molar-refractivity contribution >= 4 is 10.1 Å². The van der Waals surface area contributed by atoms with Crippen LogP contribution in [-0.2, 0) is 14.3 Å². The Labute approximate surface area is 104 Å². The van der Waals surface area contributed by atoms with Crippen LogP contribution in [0.2, 0.25) is 0 Å². The third kappa shape index (κ3) is 2.99. The first-order valence-electron chi connectivity index (χ1n) is 4.80. The molecule has 0 saturated heterocycles. The number of rotatable bonds is 2. The molecule has 6 atom stereocenters. The molecule has 1 rings (SSSR count). The van der Waals surface area contributed by atoms with Crippen LogP contribution < -0.4 is 0 Å². The molecule has 0 heterocycles. The number of hydrogen-bond acceptors (Lipinski definition) is 8. The van der Waals surface area contributed by atoms with E-state index >= 15 is 0 Å². The van der Waals surface area contributed by atoms with Crippen LogP contribution in [0.15, 0.2) is 0 Å². The van der Waals surface area contributed by atoms with Gasteiger partial charge in [-0.3, -0.25) is 4.18 Å². The molecule has 0 unspecified atom stereocenters. The van der Waals surface area contributed by atoms with E-state index in [9.17, 15) is 42.0 Å². The summed E-state index contributed by atoms with van der Waals surface area (Å²) in [5, 5.41) is 46.0. The molecule has 1 fully saturated rings. The Morgan fingerprint density at radius 2 is 1.11 bits per heavy atom. The lowest BCUT2D eigenvalue weighted by Gasteiger charge is -2.40. The summed E-state index contributed by atoms with van der Waals surface area (Å²) in [6.45, 7) is 0. The van der Waals surface area contributed by atoms with Crippen molar-refractivity contribution in [2.45, 2.75) is 42.1 Å². The molecule has 0 aromatic rings. The third-order valence-electron chi connectivity index (χ3n) is 2.59. The van der Waals surface area contributed by atoms with Crippen molar-refractivity contribution in [3.8, 4) is 0 Å². The van der Waals surface area contributed by atoms with Crippen molar-refractivity contribution < 1.29 is 51.3 Å². The van der Waals surface area contributed by atoms with Crippen LogP contribution in [0.5, 0.6) is 0 Å². The van der Waals surface area contributed by atoms with Gasteiger partial charge in [0, 0.05) is 0 Å². The Hall–Kier alpha value is -0.500. The fourth-order valence-electron chi connectivity index (χ4n) is 1.51. The smallest absolute Gasteiger partial charge is 0.387 e. The minimum atomic E-state index is -6.15. The average molecular weight is 312 g/mol. The van der Waals surface area contributed by atoms with Crippen molar-refractivity contribution in [1.29, 1.82) is 0 Å². The van der Waals surface area contributed by atoms with E-state index in [0.717, 1.165) is 0 Å². The highest BCUT2D eigenvalue weighted by atomic mass is 32.2. The first kappa shape index (κ1) is 16.6. The maximum Gasteiger partial charge on any atom is 0.523 e. The van der Waals surface area contributed by atoms with Crippen molar-refractivity contribution in [1.82, 2.24) is 0 Å². The molecule has 1 saturated carbocycles. The molecule has 19 heavy (non-hydrogen) atoms. The number of halogens is 3. The monoisotopic (exact) mass is 312 g/mol. The van der Waals surface area contributed by atoms with Crippen LogP contribution in [-0.4, -0.2) is 76.1 Å². The molecule has 0 spiro atoms. The molecular formula is C7H11F3O8S. The molecule has 0 aromatic carbocycles. The largest absolute Gasteiger partial charge is 0.523 e. The van der Waals surface area contributed by atoms with Gasteiger partial charge in [-0.2, -0.15) is 21.6 Å². The lowest BCUT2D eigenvalue weighted by molar-refractivity contribution is -0.218. The van der Waals surface area contributed by atoms with Crippen molar-refractivity contribution in [2.24, 2.45) is 0 Å². The first-order valence-corrected chi connectivity index (χ1v) is 6.21. The first-order chi connectivity index (χ1) is 8.40. The number of aliphatic hydroxyl groups excluding tert-OH is 5. The van der Waals surface area contributed by atoms with E-state index in [1.54, 1.807) is 0 Å². The van der Waals surface area contributed by atoms with E-state index in [-0.39, 0.29) is 0 Å². The molecule has 114 valence electrons. The van der Waals surface area contributed by atoms with Gasteiger partial charge in [-0.1, -0.05) is 0 Å². The van der Waals surface area contributed by atoms with Gasteiger partial charge in [-0.15, -0.1) is 0 Å². The summed E-state index contributed by atoms with van der Waals surface area (Å²) in [6, 6.07) is 0. The van der Waals surface area contributed by atoms with Crippen LogP contribution in [0.3, 0.4) is 0 Å². The molecule has 5 N–H and O–H groups in total. The minimum Gasteiger partial charge on any atom is -0.387 e. The maximum absolute atomic E-state index is 12.1. The summed E-state index contributed by atoms with van der Waals surface area (Å²) in [7, 11) is -6.15. The van der Waals surface area contributed by atoms with E-state index in [2.05, 4.69) is 4.18 Å². The minimum absolute atomic E-state index is 2.07. The second-order valence-corrected chi connectivity index (χ2v) is 5.48. The second-order valence-electron chi connectivity index (χ2n) is 3.91. The Bertz CT molecular complexity index is 407. The Kier molecular flexibility index (Phi) is 4.46. The van der Waals surface area contributed by atoms with Gasteiger partial charge in [-0.25, -0.2) is 0 Å². The van der Waals surface area contributed by atoms with Gasteiger partial charge in [0.1, 0.15) is 36.6 Å². The summed E-state index contributed by atoms with van der Waals surface area (Å²) in [5.41, 5.74) is -5.81. The standard InChI is InChI=1S/C7H11F3O8S/c8-7(9,10)19(16,17)18-6-4(14)2(12)1(11)3(13)5(6)15/h1-6,11-15H/t1-,2-,3+,4-,5-,6-/m0/s1. The summed E-state index contributed by atoms with van der Waals surface area (Å²) < 4.78 is 61.2. The molecule has 0 aliphatic heterocycles. The van der Waals surface area contributed by atoms with Crippen molar-refractivity contribution in [3.05, 3.63) is 0 Å². The lowest BCUT2D eigenvalue weighted by atomic mass is 9.85. The van der Waals surface area contributed by atoms with Crippen LogP contribution in [0.25, 0.3) is 0 Å². The van der Waals surface area contributed by atoms with Gasteiger partial charge >= 0.3 is 15.6 Å². The number of aliphatic hydroxyl groups is 5. The highest BCUT2D eigenvalue weighted by molar-refractivity contribution is 7.87. The van der Waals surface area contributed by atoms with Crippen LogP contribution in [0, 0.1) is 0 Å². The Balaban J connectivity index is 3.00. The number of alkyl halides is 3. The molecular weight excluding hydrogens is 301 g/mol. The summed E-state index contributed by atoms with van der Waals surface area (Å²) in [5.74, 6) is 0. The average Bonchev–Trinajstić information content (AvgIpc) is 2.28. The second kappa shape index (κ2) is 5.12. The summed E-state index contributed by atoms with van der Waals surface area (Å²) in [6.07, 6.45) is -13.6. The van der Waals surface area contributed by atoms with Gasteiger partial charge in [-0.05, 0) is 0 Å². The molecule has 0 bridgehead atoms. The Morgan fingerprint density at radius 3 is 1.42 bits per heavy atom. The SMILES string of the molecule is O=S(=O)(O[C@@H]1[C@@H](O)[C@H](O)[C@@H](O)[C@H](O)[C@@H]1O)C(F)(F)F. The van der Waals surface area contributed by atoms with Crippen molar-refractivity contribution in [2.75, 3.05) is 0 Å². The fourth-order valence-corrected chi connectivity index (χ4v) is 2.14. The zero-order chi connectivity index (χ0) is 15.2. The maximum atomic E-state index is 12.1. The zero-order valence-electron chi connectivity index (χ0n) is 8.97.